The van der Waals surface area contributed by atoms with Crippen LogP contribution in [-0.4, -0.2) is 59.6 Å². The number of phenols is 2. The number of para-hydroxylation sites is 2. The molecule has 2 rings (SSSR count). The Hall–Kier alpha value is -0.861. The second kappa shape index (κ2) is 13.6. The number of hydrogen-bond acceptors (Lipinski definition) is 4. The van der Waals surface area contributed by atoms with Gasteiger partial charge in [0.15, 0.2) is 0 Å². The van der Waals surface area contributed by atoms with Crippen molar-refractivity contribution in [3.05, 3.63) is 59.7 Å². The van der Waals surface area contributed by atoms with Crippen LogP contribution >= 0.6 is 34.0 Å². The molecule has 0 fully saturated rings. The van der Waals surface area contributed by atoms with Crippen LogP contribution in [0.25, 0.3) is 0 Å². The zero-order valence-electron chi connectivity index (χ0n) is 12.3. The zero-order valence-corrected chi connectivity index (χ0v) is 18.6. The van der Waals surface area contributed by atoms with Crippen molar-refractivity contribution in [3.63, 3.8) is 0 Å². The molecule has 23 heavy (non-hydrogen) atoms. The van der Waals surface area contributed by atoms with Crippen molar-refractivity contribution < 1.29 is 10.2 Å². The van der Waals surface area contributed by atoms with E-state index in [1.807, 2.05) is 12.1 Å². The first-order chi connectivity index (χ1) is 9.77. The van der Waals surface area contributed by atoms with Gasteiger partial charge in [-0.3, -0.25) is 9.98 Å². The third-order valence-electron chi connectivity index (χ3n) is 2.69. The predicted molar refractivity (Wildman–Crippen MR) is 108 cm³/mol. The van der Waals surface area contributed by atoms with Crippen LogP contribution < -0.4 is 0 Å². The number of aromatic hydroxyl groups is 2. The van der Waals surface area contributed by atoms with E-state index in [-0.39, 0.29) is 69.4 Å². The fraction of sp³-hybridized carbons (Fsp3) is 0.125. The minimum atomic E-state index is 0. The van der Waals surface area contributed by atoms with Crippen molar-refractivity contribution in [2.24, 2.45) is 9.98 Å². The van der Waals surface area contributed by atoms with Crippen LogP contribution in [0.1, 0.15) is 11.1 Å². The molecule has 2 aromatic rings. The van der Waals surface area contributed by atoms with Crippen molar-refractivity contribution in [1.82, 2.24) is 0 Å². The summed E-state index contributed by atoms with van der Waals surface area (Å²) in [6, 6.07) is 14.1. The van der Waals surface area contributed by atoms with Crippen LogP contribution in [0.2, 0.25) is 0 Å². The van der Waals surface area contributed by atoms with E-state index in [9.17, 15) is 10.2 Å². The van der Waals surface area contributed by atoms with E-state index in [2.05, 4.69) is 9.98 Å². The Morgan fingerprint density at radius 1 is 0.696 bits per heavy atom. The third kappa shape index (κ3) is 8.52. The van der Waals surface area contributed by atoms with Gasteiger partial charge in [-0.25, -0.2) is 0 Å². The van der Waals surface area contributed by atoms with Crippen LogP contribution in [0.5, 0.6) is 11.5 Å². The first-order valence-electron chi connectivity index (χ1n) is 6.33. The average molecular weight is 549 g/mol. The van der Waals surface area contributed by atoms with Crippen LogP contribution in [0.3, 0.4) is 0 Å². The molecule has 2 N–H and O–H groups in total. The van der Waals surface area contributed by atoms with E-state index < -0.39 is 0 Å². The molecule has 2 aromatic carbocycles. The Labute approximate surface area is 173 Å². The molecule has 0 aliphatic rings. The summed E-state index contributed by atoms with van der Waals surface area (Å²) < 4.78 is 0. The van der Waals surface area contributed by atoms with Crippen molar-refractivity contribution in [2.45, 2.75) is 0 Å². The summed E-state index contributed by atoms with van der Waals surface area (Å²) in [6.45, 7) is 1.05. The molecule has 0 amide bonds. The smallest absolute Gasteiger partial charge is 0.124 e. The van der Waals surface area contributed by atoms with Crippen molar-refractivity contribution in [1.29, 1.82) is 0 Å². The van der Waals surface area contributed by atoms with E-state index in [0.29, 0.717) is 24.2 Å². The molecule has 0 aromatic heterocycles. The van der Waals surface area contributed by atoms with Gasteiger partial charge >= 0.3 is 0 Å². The van der Waals surface area contributed by atoms with Crippen molar-refractivity contribution in [3.8, 4) is 11.5 Å². The van der Waals surface area contributed by atoms with E-state index in [4.69, 9.17) is 0 Å². The number of halogens is 2. The first kappa shape index (κ1) is 24.4. The van der Waals surface area contributed by atoms with Gasteiger partial charge in [0.05, 0.1) is 13.1 Å². The number of benzene rings is 2. The van der Waals surface area contributed by atoms with Gasteiger partial charge in [0.2, 0.25) is 0 Å². The molecule has 0 spiro atoms. The standard InChI is InChI=1S/C16H16N2O2.2BrH.Sn/c19-15-7-3-1-5-13(15)11-17-9-10-18-12-14-6-2-4-8-16(14)20;;;/h1-8,11-12,19-20H,9-10H2;2*1H;. The Morgan fingerprint density at radius 2 is 1.04 bits per heavy atom. The summed E-state index contributed by atoms with van der Waals surface area (Å²) in [7, 11) is 0. The molecule has 7 heteroatoms. The predicted octanol–water partition coefficient (Wildman–Crippen LogP) is 3.41. The van der Waals surface area contributed by atoms with E-state index >= 15 is 0 Å². The van der Waals surface area contributed by atoms with Crippen LogP contribution in [0.4, 0.5) is 0 Å². The molecule has 4 nitrogen and oxygen atoms in total. The Bertz CT molecular complexity index is 581. The summed E-state index contributed by atoms with van der Waals surface area (Å²) in [5.41, 5.74) is 1.38. The second-order valence-corrected chi connectivity index (χ2v) is 4.19. The first-order valence-corrected chi connectivity index (χ1v) is 6.33. The minimum Gasteiger partial charge on any atom is -0.507 e. The van der Waals surface area contributed by atoms with Gasteiger partial charge < -0.3 is 10.2 Å². The molecule has 0 unspecified atom stereocenters. The molecule has 0 atom stereocenters. The molecule has 0 heterocycles. The SMILES string of the molecule is Br.Br.Oc1ccccc1C=NCCN=Cc1ccccc1O.[Sn]. The quantitative estimate of drug-likeness (QED) is 0.342. The van der Waals surface area contributed by atoms with Gasteiger partial charge in [-0.1, -0.05) is 24.3 Å². The Morgan fingerprint density at radius 3 is 1.39 bits per heavy atom. The van der Waals surface area contributed by atoms with Crippen LogP contribution in [0.15, 0.2) is 58.5 Å². The Kier molecular flexibility index (Phi) is 14.4. The Balaban J connectivity index is 0. The fourth-order valence-electron chi connectivity index (χ4n) is 1.63. The zero-order chi connectivity index (χ0) is 14.2. The number of aliphatic imine (C=N–C) groups is 2. The maximum absolute atomic E-state index is 9.54. The summed E-state index contributed by atoms with van der Waals surface area (Å²) in [4.78, 5) is 8.39. The summed E-state index contributed by atoms with van der Waals surface area (Å²) in [5, 5.41) is 19.1. The second-order valence-electron chi connectivity index (χ2n) is 4.19. The van der Waals surface area contributed by atoms with Crippen molar-refractivity contribution in [2.75, 3.05) is 13.1 Å². The number of hydrogen-bond donors (Lipinski definition) is 2. The maximum atomic E-state index is 9.54. The molecule has 0 bridgehead atoms. The van der Waals surface area contributed by atoms with Gasteiger partial charge in [0.25, 0.3) is 0 Å². The van der Waals surface area contributed by atoms with Crippen LogP contribution in [0, 0.1) is 0 Å². The molecule has 0 aliphatic carbocycles. The van der Waals surface area contributed by atoms with Gasteiger partial charge in [0.1, 0.15) is 11.5 Å². The molecule has 122 valence electrons. The fourth-order valence-corrected chi connectivity index (χ4v) is 1.63. The van der Waals surface area contributed by atoms with Gasteiger partial charge in [0, 0.05) is 47.5 Å². The van der Waals surface area contributed by atoms with Gasteiger partial charge in [-0.15, -0.1) is 34.0 Å². The van der Waals surface area contributed by atoms with E-state index in [1.165, 1.54) is 0 Å². The van der Waals surface area contributed by atoms with E-state index in [0.717, 1.165) is 0 Å². The number of nitrogens with zero attached hydrogens (tertiary/aromatic N) is 2. The monoisotopic (exact) mass is 548 g/mol. The number of phenolic OH excluding ortho intramolecular Hbond substituents is 2. The summed E-state index contributed by atoms with van der Waals surface area (Å²) >= 11 is 0. The van der Waals surface area contributed by atoms with Crippen molar-refractivity contribution >= 4 is 70.3 Å². The topological polar surface area (TPSA) is 65.2 Å². The summed E-state index contributed by atoms with van der Waals surface area (Å²) in [5.74, 6) is 0.433. The number of rotatable bonds is 5. The molecule has 0 saturated heterocycles. The van der Waals surface area contributed by atoms with Gasteiger partial charge in [-0.2, -0.15) is 0 Å². The van der Waals surface area contributed by atoms with Crippen LogP contribution in [-0.2, 0) is 0 Å². The average Bonchev–Trinajstić information content (AvgIpc) is 2.46. The molecular formula is C16H18Br2N2O2Sn. The normalized spacial score (nSPS) is 9.91. The molecule has 4 radical (unpaired) electrons. The molecular weight excluding hydrogens is 531 g/mol. The largest absolute Gasteiger partial charge is 0.507 e. The molecule has 0 aliphatic heterocycles. The van der Waals surface area contributed by atoms with Gasteiger partial charge in [-0.05, 0) is 24.3 Å². The van der Waals surface area contributed by atoms with E-state index in [1.54, 1.807) is 48.8 Å². The summed E-state index contributed by atoms with van der Waals surface area (Å²) in [6.07, 6.45) is 3.26. The minimum absolute atomic E-state index is 0. The third-order valence-corrected chi connectivity index (χ3v) is 2.69. The molecule has 0 saturated carbocycles. The maximum Gasteiger partial charge on any atom is 0.124 e.